The first-order valence-corrected chi connectivity index (χ1v) is 9.68. The Balaban J connectivity index is 1.87. The van der Waals surface area contributed by atoms with Crippen molar-refractivity contribution >= 4 is 37.7 Å². The second-order valence-corrected chi connectivity index (χ2v) is 9.06. The highest BCUT2D eigenvalue weighted by atomic mass is 32.2. The van der Waals surface area contributed by atoms with Gasteiger partial charge in [-0.15, -0.1) is 22.7 Å². The fourth-order valence-corrected chi connectivity index (χ4v) is 5.20. The maximum atomic E-state index is 12.4. The highest BCUT2D eigenvalue weighted by Gasteiger charge is 2.18. The van der Waals surface area contributed by atoms with Gasteiger partial charge in [0.1, 0.15) is 9.21 Å². The number of sulfonamides is 1. The van der Waals surface area contributed by atoms with Crippen molar-refractivity contribution in [2.75, 3.05) is 4.72 Å². The zero-order valence-electron chi connectivity index (χ0n) is 12.0. The van der Waals surface area contributed by atoms with E-state index in [0.717, 1.165) is 15.4 Å². The summed E-state index contributed by atoms with van der Waals surface area (Å²) < 4.78 is 27.6. The Labute approximate surface area is 137 Å². The minimum Gasteiger partial charge on any atom is -0.268 e. The van der Waals surface area contributed by atoms with Crippen molar-refractivity contribution in [2.45, 2.75) is 18.1 Å². The summed E-state index contributed by atoms with van der Waals surface area (Å²) in [6.07, 6.45) is 1.53. The lowest BCUT2D eigenvalue weighted by molar-refractivity contribution is 0.603. The van der Waals surface area contributed by atoms with Gasteiger partial charge in [0.15, 0.2) is 0 Å². The van der Waals surface area contributed by atoms with Crippen LogP contribution in [0.2, 0.25) is 0 Å². The molecule has 0 aliphatic heterocycles. The Kier molecular flexibility index (Phi) is 4.03. The first-order valence-electron chi connectivity index (χ1n) is 6.56. The molecule has 2 heterocycles. The fraction of sp³-hybridized carbons (Fsp3) is 0.133. The van der Waals surface area contributed by atoms with E-state index in [-0.39, 0.29) is 0 Å². The first kappa shape index (κ1) is 15.2. The third-order valence-electron chi connectivity index (χ3n) is 3.04. The third kappa shape index (κ3) is 3.21. The van der Waals surface area contributed by atoms with Crippen LogP contribution in [0.4, 0.5) is 5.00 Å². The number of hydrogen-bond donors (Lipinski definition) is 1. The Morgan fingerprint density at radius 2 is 1.73 bits per heavy atom. The molecule has 0 fully saturated rings. The lowest BCUT2D eigenvalue weighted by atomic mass is 10.1. The number of thiophene rings is 1. The summed E-state index contributed by atoms with van der Waals surface area (Å²) in [6.45, 7) is 3.86. The molecule has 3 rings (SSSR count). The Hall–Kier alpha value is -1.70. The number of aryl methyl sites for hydroxylation is 2. The second kappa shape index (κ2) is 5.83. The summed E-state index contributed by atoms with van der Waals surface area (Å²) in [7, 11) is -3.56. The van der Waals surface area contributed by atoms with Crippen molar-refractivity contribution in [3.63, 3.8) is 0 Å². The van der Waals surface area contributed by atoms with E-state index in [2.05, 4.69) is 9.71 Å². The van der Waals surface area contributed by atoms with Crippen molar-refractivity contribution in [3.8, 4) is 10.4 Å². The van der Waals surface area contributed by atoms with Crippen LogP contribution in [0.5, 0.6) is 0 Å². The molecule has 0 aliphatic carbocycles. The topological polar surface area (TPSA) is 59.1 Å². The predicted molar refractivity (Wildman–Crippen MR) is 92.2 cm³/mol. The van der Waals surface area contributed by atoms with E-state index in [9.17, 15) is 8.42 Å². The molecule has 0 aliphatic rings. The van der Waals surface area contributed by atoms with E-state index in [0.29, 0.717) is 9.21 Å². The molecule has 4 nitrogen and oxygen atoms in total. The highest BCUT2D eigenvalue weighted by Crippen LogP contribution is 2.32. The molecule has 0 saturated heterocycles. The van der Waals surface area contributed by atoms with E-state index in [4.69, 9.17) is 0 Å². The Morgan fingerprint density at radius 1 is 1.00 bits per heavy atom. The minimum atomic E-state index is -3.56. The molecule has 2 aromatic heterocycles. The van der Waals surface area contributed by atoms with Crippen LogP contribution in [0.15, 0.2) is 46.8 Å². The fourth-order valence-electron chi connectivity index (χ4n) is 1.93. The second-order valence-electron chi connectivity index (χ2n) is 4.83. The Bertz CT molecular complexity index is 893. The van der Waals surface area contributed by atoms with Crippen molar-refractivity contribution in [1.82, 2.24) is 4.98 Å². The molecule has 0 unspecified atom stereocenters. The minimum absolute atomic E-state index is 0.300. The van der Waals surface area contributed by atoms with Crippen molar-refractivity contribution in [1.29, 1.82) is 0 Å². The molecule has 114 valence electrons. The molecule has 0 spiro atoms. The molecular formula is C15H14N2O2S3. The Morgan fingerprint density at radius 3 is 2.36 bits per heavy atom. The largest absolute Gasteiger partial charge is 0.272 e. The molecule has 3 aromatic rings. The SMILES string of the molecule is Cc1ccc(-c2ccc(S(=O)(=O)Nc3cnc(C)s3)s2)cc1. The van der Waals surface area contributed by atoms with Gasteiger partial charge in [-0.25, -0.2) is 13.4 Å². The lowest BCUT2D eigenvalue weighted by Crippen LogP contribution is -2.10. The molecule has 0 atom stereocenters. The normalized spacial score (nSPS) is 11.5. The van der Waals surface area contributed by atoms with E-state index in [1.165, 1.54) is 34.4 Å². The number of hydrogen-bond acceptors (Lipinski definition) is 5. The van der Waals surface area contributed by atoms with E-state index >= 15 is 0 Å². The van der Waals surface area contributed by atoms with Crippen LogP contribution in [-0.2, 0) is 10.0 Å². The number of aromatic nitrogens is 1. The van der Waals surface area contributed by atoms with E-state index in [1.807, 2.05) is 44.2 Å². The van der Waals surface area contributed by atoms with Gasteiger partial charge < -0.3 is 0 Å². The molecular weight excluding hydrogens is 336 g/mol. The summed E-state index contributed by atoms with van der Waals surface area (Å²) in [4.78, 5) is 4.98. The van der Waals surface area contributed by atoms with Crippen molar-refractivity contribution in [3.05, 3.63) is 53.2 Å². The smallest absolute Gasteiger partial charge is 0.268 e. The van der Waals surface area contributed by atoms with Crippen LogP contribution in [0.1, 0.15) is 10.6 Å². The predicted octanol–water partition coefficient (Wildman–Crippen LogP) is 4.29. The van der Waals surface area contributed by atoms with Gasteiger partial charge in [0.25, 0.3) is 10.0 Å². The maximum absolute atomic E-state index is 12.4. The van der Waals surface area contributed by atoms with Gasteiger partial charge in [0.05, 0.1) is 11.2 Å². The summed E-state index contributed by atoms with van der Waals surface area (Å²) in [5, 5.41) is 1.35. The van der Waals surface area contributed by atoms with Gasteiger partial charge >= 0.3 is 0 Å². The average Bonchev–Trinajstić information content (AvgIpc) is 3.09. The summed E-state index contributed by atoms with van der Waals surface area (Å²) in [6, 6.07) is 11.5. The molecule has 0 radical (unpaired) electrons. The monoisotopic (exact) mass is 350 g/mol. The van der Waals surface area contributed by atoms with Crippen molar-refractivity contribution in [2.24, 2.45) is 0 Å². The van der Waals surface area contributed by atoms with Crippen LogP contribution < -0.4 is 4.72 Å². The summed E-state index contributed by atoms with van der Waals surface area (Å²) >= 11 is 2.58. The molecule has 0 amide bonds. The van der Waals surface area contributed by atoms with Gasteiger partial charge in [-0.05, 0) is 31.5 Å². The molecule has 0 saturated carbocycles. The molecule has 1 aromatic carbocycles. The van der Waals surface area contributed by atoms with Gasteiger partial charge in [-0.2, -0.15) is 0 Å². The van der Waals surface area contributed by atoms with E-state index < -0.39 is 10.0 Å². The van der Waals surface area contributed by atoms with E-state index in [1.54, 1.807) is 6.07 Å². The lowest BCUT2D eigenvalue weighted by Gasteiger charge is -2.02. The standard InChI is InChI=1S/C15H14N2O2S3/c1-10-3-5-12(6-4-10)13-7-8-15(21-13)22(18,19)17-14-9-16-11(2)20-14/h3-9,17H,1-2H3. The van der Waals surface area contributed by atoms with Gasteiger partial charge in [0, 0.05) is 4.88 Å². The number of thiazole rings is 1. The zero-order valence-corrected chi connectivity index (χ0v) is 14.5. The van der Waals surface area contributed by atoms with Crippen molar-refractivity contribution < 1.29 is 8.42 Å². The van der Waals surface area contributed by atoms with Crippen LogP contribution >= 0.6 is 22.7 Å². The summed E-state index contributed by atoms with van der Waals surface area (Å²) in [5.41, 5.74) is 2.20. The highest BCUT2D eigenvalue weighted by molar-refractivity contribution is 7.95. The van der Waals surface area contributed by atoms with Gasteiger partial charge in [0.2, 0.25) is 0 Å². The number of nitrogens with zero attached hydrogens (tertiary/aromatic N) is 1. The molecule has 1 N–H and O–H groups in total. The molecule has 22 heavy (non-hydrogen) atoms. The average molecular weight is 350 g/mol. The van der Waals surface area contributed by atoms with Gasteiger partial charge in [-0.3, -0.25) is 4.72 Å². The van der Waals surface area contributed by atoms with Crippen LogP contribution in [0.3, 0.4) is 0 Å². The molecule has 0 bridgehead atoms. The number of rotatable bonds is 4. The van der Waals surface area contributed by atoms with Crippen LogP contribution in [-0.4, -0.2) is 13.4 Å². The maximum Gasteiger partial charge on any atom is 0.272 e. The first-order chi connectivity index (χ1) is 10.4. The third-order valence-corrected chi connectivity index (χ3v) is 6.99. The summed E-state index contributed by atoms with van der Waals surface area (Å²) in [5.74, 6) is 0. The molecule has 7 heteroatoms. The number of benzene rings is 1. The number of anilines is 1. The van der Waals surface area contributed by atoms with Crippen LogP contribution in [0.25, 0.3) is 10.4 Å². The van der Waals surface area contributed by atoms with Crippen LogP contribution in [0, 0.1) is 13.8 Å². The zero-order chi connectivity index (χ0) is 15.7. The number of nitrogens with one attached hydrogen (secondary N) is 1. The quantitative estimate of drug-likeness (QED) is 0.763. The van der Waals surface area contributed by atoms with Gasteiger partial charge in [-0.1, -0.05) is 29.8 Å².